The Morgan fingerprint density at radius 3 is 2.62 bits per heavy atom. The van der Waals surface area contributed by atoms with Gasteiger partial charge in [-0.3, -0.25) is 0 Å². The molecule has 5 heteroatoms. The van der Waals surface area contributed by atoms with Crippen LogP contribution in [0.2, 0.25) is 0 Å². The zero-order valence-corrected chi connectivity index (χ0v) is 15.4. The minimum Gasteiger partial charge on any atom is -0.497 e. The van der Waals surface area contributed by atoms with Crippen LogP contribution >= 0.6 is 0 Å². The van der Waals surface area contributed by atoms with Crippen molar-refractivity contribution in [2.45, 2.75) is 20.3 Å². The van der Waals surface area contributed by atoms with Gasteiger partial charge in [-0.15, -0.1) is 0 Å². The minimum atomic E-state index is 0.776. The fourth-order valence-electron chi connectivity index (χ4n) is 2.71. The summed E-state index contributed by atoms with van der Waals surface area (Å²) in [4.78, 5) is 8.61. The van der Waals surface area contributed by atoms with Gasteiger partial charge in [0.25, 0.3) is 0 Å². The summed E-state index contributed by atoms with van der Waals surface area (Å²) < 4.78 is 5.26. The van der Waals surface area contributed by atoms with E-state index >= 15 is 0 Å². The molecule has 0 saturated carbocycles. The van der Waals surface area contributed by atoms with Gasteiger partial charge in [0.05, 0.1) is 7.11 Å². The first kappa shape index (κ1) is 17.7. The van der Waals surface area contributed by atoms with Gasteiger partial charge < -0.3 is 15.4 Å². The molecule has 3 rings (SSSR count). The Kier molecular flexibility index (Phi) is 5.69. The second kappa shape index (κ2) is 8.34. The molecule has 0 unspecified atom stereocenters. The Bertz CT molecular complexity index is 879. The number of ether oxygens (including phenoxy) is 1. The number of nitrogens with one attached hydrogen (secondary N) is 2. The van der Waals surface area contributed by atoms with Crippen LogP contribution in [0.3, 0.4) is 0 Å². The number of aryl methyl sites for hydroxylation is 1. The second-order valence-electron chi connectivity index (χ2n) is 6.19. The van der Waals surface area contributed by atoms with Crippen LogP contribution in [0.5, 0.6) is 5.75 Å². The molecule has 0 fully saturated rings. The summed E-state index contributed by atoms with van der Waals surface area (Å²) >= 11 is 0. The zero-order chi connectivity index (χ0) is 18.4. The van der Waals surface area contributed by atoms with Crippen LogP contribution in [0.25, 0.3) is 0 Å². The molecule has 0 atom stereocenters. The SMILES string of the molecule is COc1cccc(CCNc2cc(Nc3cccc(C)c3C)ncn2)c1. The molecule has 1 heterocycles. The first-order valence-electron chi connectivity index (χ1n) is 8.68. The lowest BCUT2D eigenvalue weighted by Gasteiger charge is -2.12. The Labute approximate surface area is 154 Å². The lowest BCUT2D eigenvalue weighted by molar-refractivity contribution is 0.414. The summed E-state index contributed by atoms with van der Waals surface area (Å²) in [5.41, 5.74) is 4.75. The van der Waals surface area contributed by atoms with E-state index in [4.69, 9.17) is 4.74 Å². The lowest BCUT2D eigenvalue weighted by Crippen LogP contribution is -2.07. The van der Waals surface area contributed by atoms with Gasteiger partial charge in [0, 0.05) is 18.3 Å². The quantitative estimate of drug-likeness (QED) is 0.658. The van der Waals surface area contributed by atoms with E-state index in [1.165, 1.54) is 16.7 Å². The van der Waals surface area contributed by atoms with E-state index in [0.29, 0.717) is 0 Å². The van der Waals surface area contributed by atoms with Gasteiger partial charge in [-0.1, -0.05) is 24.3 Å². The maximum absolute atomic E-state index is 5.26. The van der Waals surface area contributed by atoms with Crippen LogP contribution in [0.4, 0.5) is 17.3 Å². The summed E-state index contributed by atoms with van der Waals surface area (Å²) in [6.45, 7) is 4.99. The van der Waals surface area contributed by atoms with Crippen LogP contribution < -0.4 is 15.4 Å². The Balaban J connectivity index is 1.61. The van der Waals surface area contributed by atoms with E-state index in [2.05, 4.69) is 58.7 Å². The van der Waals surface area contributed by atoms with Crippen LogP contribution in [0, 0.1) is 13.8 Å². The monoisotopic (exact) mass is 348 g/mol. The number of aromatic nitrogens is 2. The van der Waals surface area contributed by atoms with Crippen molar-refractivity contribution >= 4 is 17.3 Å². The summed E-state index contributed by atoms with van der Waals surface area (Å²) in [6.07, 6.45) is 2.46. The maximum atomic E-state index is 5.26. The highest BCUT2D eigenvalue weighted by Crippen LogP contribution is 2.22. The van der Waals surface area contributed by atoms with Crippen LogP contribution in [-0.4, -0.2) is 23.6 Å². The smallest absolute Gasteiger partial charge is 0.135 e. The van der Waals surface area contributed by atoms with Crippen molar-refractivity contribution in [3.63, 3.8) is 0 Å². The number of benzene rings is 2. The molecule has 0 aliphatic heterocycles. The van der Waals surface area contributed by atoms with Gasteiger partial charge in [-0.05, 0) is 55.2 Å². The number of hydrogen-bond donors (Lipinski definition) is 2. The van der Waals surface area contributed by atoms with Gasteiger partial charge in [-0.2, -0.15) is 0 Å². The molecule has 0 saturated heterocycles. The van der Waals surface area contributed by atoms with E-state index in [1.807, 2.05) is 24.3 Å². The molecule has 0 spiro atoms. The maximum Gasteiger partial charge on any atom is 0.135 e. The highest BCUT2D eigenvalue weighted by atomic mass is 16.5. The van der Waals surface area contributed by atoms with Crippen molar-refractivity contribution in [3.8, 4) is 5.75 Å². The summed E-state index contributed by atoms with van der Waals surface area (Å²) in [6, 6.07) is 16.2. The normalized spacial score (nSPS) is 10.4. The molecule has 3 aromatic rings. The molecule has 5 nitrogen and oxygen atoms in total. The molecular formula is C21H24N4O. The Morgan fingerprint density at radius 2 is 1.77 bits per heavy atom. The van der Waals surface area contributed by atoms with E-state index in [1.54, 1.807) is 13.4 Å². The van der Waals surface area contributed by atoms with E-state index in [9.17, 15) is 0 Å². The van der Waals surface area contributed by atoms with E-state index in [0.717, 1.165) is 36.0 Å². The minimum absolute atomic E-state index is 0.776. The summed E-state index contributed by atoms with van der Waals surface area (Å²) in [5, 5.41) is 6.72. The lowest BCUT2D eigenvalue weighted by atomic mass is 10.1. The van der Waals surface area contributed by atoms with Crippen LogP contribution in [0.15, 0.2) is 54.9 Å². The average Bonchev–Trinajstić information content (AvgIpc) is 2.66. The van der Waals surface area contributed by atoms with E-state index < -0.39 is 0 Å². The molecule has 134 valence electrons. The number of anilines is 3. The van der Waals surface area contributed by atoms with Gasteiger partial charge in [0.15, 0.2) is 0 Å². The molecule has 2 aromatic carbocycles. The Hall–Kier alpha value is -3.08. The van der Waals surface area contributed by atoms with E-state index in [-0.39, 0.29) is 0 Å². The molecule has 26 heavy (non-hydrogen) atoms. The molecule has 0 aliphatic carbocycles. The highest BCUT2D eigenvalue weighted by molar-refractivity contribution is 5.63. The first-order valence-corrected chi connectivity index (χ1v) is 8.68. The molecule has 0 bridgehead atoms. The number of nitrogens with zero attached hydrogens (tertiary/aromatic N) is 2. The van der Waals surface area contributed by atoms with Crippen molar-refractivity contribution in [1.82, 2.24) is 9.97 Å². The number of hydrogen-bond acceptors (Lipinski definition) is 5. The predicted octanol–water partition coefficient (Wildman–Crippen LogP) is 4.50. The van der Waals surface area contributed by atoms with Gasteiger partial charge in [0.1, 0.15) is 23.7 Å². The highest BCUT2D eigenvalue weighted by Gasteiger charge is 2.04. The fourth-order valence-corrected chi connectivity index (χ4v) is 2.71. The first-order chi connectivity index (χ1) is 12.7. The van der Waals surface area contributed by atoms with Crippen LogP contribution in [0.1, 0.15) is 16.7 Å². The van der Waals surface area contributed by atoms with Crippen molar-refractivity contribution < 1.29 is 4.74 Å². The van der Waals surface area contributed by atoms with Gasteiger partial charge in [-0.25, -0.2) is 9.97 Å². The molecule has 0 radical (unpaired) electrons. The largest absolute Gasteiger partial charge is 0.497 e. The predicted molar refractivity (Wildman–Crippen MR) is 106 cm³/mol. The third kappa shape index (κ3) is 4.51. The molecule has 1 aromatic heterocycles. The van der Waals surface area contributed by atoms with Crippen molar-refractivity contribution in [2.24, 2.45) is 0 Å². The van der Waals surface area contributed by atoms with Crippen molar-refractivity contribution in [3.05, 3.63) is 71.5 Å². The summed E-state index contributed by atoms with van der Waals surface area (Å²) in [7, 11) is 1.68. The zero-order valence-electron chi connectivity index (χ0n) is 15.4. The third-order valence-corrected chi connectivity index (χ3v) is 4.39. The van der Waals surface area contributed by atoms with Crippen molar-refractivity contribution in [1.29, 1.82) is 0 Å². The standard InChI is InChI=1S/C21H24N4O/c1-15-6-4-9-19(16(15)2)25-21-13-20(23-14-24-21)22-11-10-17-7-5-8-18(12-17)26-3/h4-9,12-14H,10-11H2,1-3H3,(H2,22,23,24,25). The molecular weight excluding hydrogens is 324 g/mol. The topological polar surface area (TPSA) is 59.1 Å². The second-order valence-corrected chi connectivity index (χ2v) is 6.19. The average molecular weight is 348 g/mol. The Morgan fingerprint density at radius 1 is 0.962 bits per heavy atom. The number of methoxy groups -OCH3 is 1. The molecule has 0 aliphatic rings. The molecule has 2 N–H and O–H groups in total. The van der Waals surface area contributed by atoms with Gasteiger partial charge in [0.2, 0.25) is 0 Å². The van der Waals surface area contributed by atoms with Crippen LogP contribution in [-0.2, 0) is 6.42 Å². The fraction of sp³-hybridized carbons (Fsp3) is 0.238. The summed E-state index contributed by atoms with van der Waals surface area (Å²) in [5.74, 6) is 2.46. The van der Waals surface area contributed by atoms with Gasteiger partial charge >= 0.3 is 0 Å². The molecule has 0 amide bonds. The number of rotatable bonds is 7. The van der Waals surface area contributed by atoms with Crippen molar-refractivity contribution in [2.75, 3.05) is 24.3 Å². The third-order valence-electron chi connectivity index (χ3n) is 4.39.